The van der Waals surface area contributed by atoms with Crippen LogP contribution in [0.3, 0.4) is 0 Å². The van der Waals surface area contributed by atoms with Gasteiger partial charge in [0, 0.05) is 6.04 Å². The van der Waals surface area contributed by atoms with Gasteiger partial charge in [-0.25, -0.2) is 0 Å². The third-order valence-electron chi connectivity index (χ3n) is 3.68. The van der Waals surface area contributed by atoms with Crippen LogP contribution < -0.4 is 5.32 Å². The lowest BCUT2D eigenvalue weighted by Crippen LogP contribution is -2.47. The fourth-order valence-electron chi connectivity index (χ4n) is 2.82. The summed E-state index contributed by atoms with van der Waals surface area (Å²) in [5.74, 6) is 0.964. The Balaban J connectivity index is 2.08. The van der Waals surface area contributed by atoms with E-state index in [1.54, 1.807) is 0 Å². The van der Waals surface area contributed by atoms with Gasteiger partial charge in [-0.15, -0.1) is 0 Å². The molecule has 3 unspecified atom stereocenters. The van der Waals surface area contributed by atoms with Crippen molar-refractivity contribution in [2.24, 2.45) is 5.92 Å². The molecule has 1 N–H and O–H groups in total. The van der Waals surface area contributed by atoms with E-state index in [0.717, 1.165) is 0 Å². The average Bonchev–Trinajstić information content (AvgIpc) is 2.48. The van der Waals surface area contributed by atoms with Crippen molar-refractivity contribution in [2.45, 2.75) is 51.7 Å². The minimum atomic E-state index is 0.244. The number of carbonyl (C=O) groups is 1. The molecule has 1 saturated heterocycles. The van der Waals surface area contributed by atoms with E-state index in [-0.39, 0.29) is 12.1 Å². The number of amides is 1. The van der Waals surface area contributed by atoms with Gasteiger partial charge in [-0.3, -0.25) is 10.1 Å². The summed E-state index contributed by atoms with van der Waals surface area (Å²) < 4.78 is 0. The summed E-state index contributed by atoms with van der Waals surface area (Å²) in [6, 6.07) is 0.487. The van der Waals surface area contributed by atoms with Gasteiger partial charge in [0.25, 0.3) is 0 Å². The van der Waals surface area contributed by atoms with Gasteiger partial charge in [0.15, 0.2) is 0 Å². The molecule has 1 heterocycles. The Morgan fingerprint density at radius 3 is 2.57 bits per heavy atom. The van der Waals surface area contributed by atoms with Crippen molar-refractivity contribution >= 4 is 5.91 Å². The molecule has 0 aromatic carbocycles. The Bertz CT molecular complexity index is 229. The second-order valence-electron chi connectivity index (χ2n) is 4.69. The molecular weight excluding hydrogens is 176 g/mol. The molecule has 0 bridgehead atoms. The third-order valence-corrected chi connectivity index (χ3v) is 3.68. The Kier molecular flexibility index (Phi) is 2.77. The van der Waals surface area contributed by atoms with Crippen molar-refractivity contribution in [3.8, 4) is 0 Å². The molecule has 14 heavy (non-hydrogen) atoms. The smallest absolute Gasteiger partial charge is 0.238 e. The van der Waals surface area contributed by atoms with Crippen molar-refractivity contribution in [1.82, 2.24) is 10.2 Å². The highest BCUT2D eigenvalue weighted by molar-refractivity contribution is 5.81. The second-order valence-corrected chi connectivity index (χ2v) is 4.69. The molecule has 0 aromatic heterocycles. The molecule has 2 rings (SSSR count). The predicted molar refractivity (Wildman–Crippen MR) is 55.7 cm³/mol. The summed E-state index contributed by atoms with van der Waals surface area (Å²) in [7, 11) is 0. The lowest BCUT2D eigenvalue weighted by Gasteiger charge is -2.38. The molecular formula is C11H20N2O. The van der Waals surface area contributed by atoms with Crippen LogP contribution in [0.2, 0.25) is 0 Å². The van der Waals surface area contributed by atoms with E-state index in [1.165, 1.54) is 25.7 Å². The third kappa shape index (κ3) is 1.65. The number of carbonyl (C=O) groups excluding carboxylic acids is 1. The van der Waals surface area contributed by atoms with E-state index < -0.39 is 0 Å². The average molecular weight is 196 g/mol. The molecule has 0 spiro atoms. The highest BCUT2D eigenvalue weighted by Crippen LogP contribution is 2.30. The van der Waals surface area contributed by atoms with Crippen LogP contribution in [-0.4, -0.2) is 29.6 Å². The molecule has 80 valence electrons. The van der Waals surface area contributed by atoms with E-state index >= 15 is 0 Å². The zero-order valence-electron chi connectivity index (χ0n) is 9.12. The molecule has 3 heteroatoms. The van der Waals surface area contributed by atoms with E-state index in [4.69, 9.17) is 0 Å². The predicted octanol–water partition coefficient (Wildman–Crippen LogP) is 1.34. The molecule has 3 nitrogen and oxygen atoms in total. The van der Waals surface area contributed by atoms with Crippen molar-refractivity contribution in [3.05, 3.63) is 0 Å². The lowest BCUT2D eigenvalue weighted by atomic mass is 9.85. The second kappa shape index (κ2) is 3.89. The molecule has 1 amide bonds. The summed E-state index contributed by atoms with van der Waals surface area (Å²) in [4.78, 5) is 13.8. The van der Waals surface area contributed by atoms with Gasteiger partial charge >= 0.3 is 0 Å². The van der Waals surface area contributed by atoms with Gasteiger partial charge in [-0.1, -0.05) is 19.8 Å². The van der Waals surface area contributed by atoms with Crippen molar-refractivity contribution < 1.29 is 4.79 Å². The van der Waals surface area contributed by atoms with Gasteiger partial charge in [0.05, 0.1) is 12.7 Å². The summed E-state index contributed by atoms with van der Waals surface area (Å²) in [5, 5.41) is 3.21. The van der Waals surface area contributed by atoms with E-state index in [1.807, 2.05) is 0 Å². The Morgan fingerprint density at radius 1 is 1.29 bits per heavy atom. The van der Waals surface area contributed by atoms with Crippen LogP contribution in [0.5, 0.6) is 0 Å². The number of hydrogen-bond acceptors (Lipinski definition) is 2. The number of nitrogens with one attached hydrogen (secondary N) is 1. The number of hydrogen-bond donors (Lipinski definition) is 1. The normalized spacial score (nSPS) is 39.1. The molecule has 0 radical (unpaired) electrons. The number of rotatable bonds is 1. The highest BCUT2D eigenvalue weighted by Gasteiger charge is 2.36. The van der Waals surface area contributed by atoms with E-state index in [9.17, 15) is 4.79 Å². The van der Waals surface area contributed by atoms with Gasteiger partial charge in [-0.05, 0) is 25.7 Å². The van der Waals surface area contributed by atoms with Crippen LogP contribution in [0.15, 0.2) is 0 Å². The van der Waals surface area contributed by atoms with Gasteiger partial charge in [0.1, 0.15) is 0 Å². The summed E-state index contributed by atoms with van der Waals surface area (Å²) in [6.07, 6.45) is 5.33. The topological polar surface area (TPSA) is 32.3 Å². The molecule has 3 atom stereocenters. The maximum Gasteiger partial charge on any atom is 0.238 e. The minimum Gasteiger partial charge on any atom is -0.323 e. The van der Waals surface area contributed by atoms with Crippen LogP contribution in [0.1, 0.15) is 39.5 Å². The molecule has 1 aliphatic heterocycles. The fourth-order valence-corrected chi connectivity index (χ4v) is 2.82. The first-order valence-corrected chi connectivity index (χ1v) is 5.74. The largest absolute Gasteiger partial charge is 0.323 e. The first kappa shape index (κ1) is 9.97. The first-order valence-electron chi connectivity index (χ1n) is 5.74. The van der Waals surface area contributed by atoms with Gasteiger partial charge in [0.2, 0.25) is 5.91 Å². The Hall–Kier alpha value is -0.570. The Labute approximate surface area is 85.8 Å². The fraction of sp³-hybridized carbons (Fsp3) is 0.909. The number of nitrogens with zero attached hydrogens (tertiary/aromatic N) is 1. The Morgan fingerprint density at radius 2 is 2.00 bits per heavy atom. The van der Waals surface area contributed by atoms with Crippen molar-refractivity contribution in [2.75, 3.05) is 6.54 Å². The maximum atomic E-state index is 11.7. The van der Waals surface area contributed by atoms with Crippen LogP contribution in [-0.2, 0) is 4.79 Å². The molecule has 2 fully saturated rings. The SMILES string of the molecule is CC1CCCCC1N1C(=O)CNC1C. The molecule has 0 aromatic rings. The van der Waals surface area contributed by atoms with Gasteiger partial charge < -0.3 is 4.90 Å². The zero-order valence-corrected chi connectivity index (χ0v) is 9.12. The highest BCUT2D eigenvalue weighted by atomic mass is 16.2. The first-order chi connectivity index (χ1) is 6.70. The van der Waals surface area contributed by atoms with Crippen LogP contribution in [0.25, 0.3) is 0 Å². The zero-order chi connectivity index (χ0) is 10.1. The lowest BCUT2D eigenvalue weighted by molar-refractivity contribution is -0.131. The van der Waals surface area contributed by atoms with Crippen LogP contribution in [0, 0.1) is 5.92 Å². The van der Waals surface area contributed by atoms with E-state index in [0.29, 0.717) is 18.5 Å². The van der Waals surface area contributed by atoms with Crippen molar-refractivity contribution in [1.29, 1.82) is 0 Å². The van der Waals surface area contributed by atoms with Crippen LogP contribution >= 0.6 is 0 Å². The van der Waals surface area contributed by atoms with Gasteiger partial charge in [-0.2, -0.15) is 0 Å². The summed E-state index contributed by atoms with van der Waals surface area (Å²) >= 11 is 0. The van der Waals surface area contributed by atoms with Crippen molar-refractivity contribution in [3.63, 3.8) is 0 Å². The maximum absolute atomic E-state index is 11.7. The minimum absolute atomic E-state index is 0.244. The summed E-state index contributed by atoms with van der Waals surface area (Å²) in [5.41, 5.74) is 0. The standard InChI is InChI=1S/C11H20N2O/c1-8-5-3-4-6-10(8)13-9(2)12-7-11(13)14/h8-10,12H,3-7H2,1-2H3. The molecule has 2 aliphatic rings. The van der Waals surface area contributed by atoms with Crippen LogP contribution in [0.4, 0.5) is 0 Å². The quantitative estimate of drug-likeness (QED) is 0.686. The monoisotopic (exact) mass is 196 g/mol. The van der Waals surface area contributed by atoms with E-state index in [2.05, 4.69) is 24.1 Å². The molecule has 1 saturated carbocycles. The summed E-state index contributed by atoms with van der Waals surface area (Å²) in [6.45, 7) is 4.90. The molecule has 1 aliphatic carbocycles.